The van der Waals surface area contributed by atoms with Gasteiger partial charge in [0.1, 0.15) is 52.1 Å². The van der Waals surface area contributed by atoms with Crippen molar-refractivity contribution in [3.63, 3.8) is 0 Å². The summed E-state index contributed by atoms with van der Waals surface area (Å²) in [5.74, 6) is -1.50. The lowest BCUT2D eigenvalue weighted by Crippen LogP contribution is -2.71. The minimum absolute atomic E-state index is 0.157. The number of sulfonamides is 1. The van der Waals surface area contributed by atoms with Crippen LogP contribution in [0.2, 0.25) is 0 Å². The first-order chi connectivity index (χ1) is 31.0. The zero-order valence-corrected chi connectivity index (χ0v) is 43.1. The molecule has 0 aromatic heterocycles. The number of aliphatic hydroxyl groups is 3. The molecule has 0 spiro atoms. The number of aliphatic hydroxyl groups excluding tert-OH is 2. The molecule has 1 aliphatic carbocycles. The molecular weight excluding hydrogens is 915 g/mol. The summed E-state index contributed by atoms with van der Waals surface area (Å²) in [4.78, 5) is 53.8. The van der Waals surface area contributed by atoms with E-state index in [2.05, 4.69) is 26.0 Å². The Balaban J connectivity index is 2.18. The highest BCUT2D eigenvalue weighted by Crippen LogP contribution is 2.39. The number of likely N-dealkylation sites (N-methyl/N-ethyl adjacent to an activating group) is 1. The van der Waals surface area contributed by atoms with Crippen LogP contribution < -0.4 is 31.7 Å². The fourth-order valence-corrected chi connectivity index (χ4v) is 9.18. The monoisotopic (exact) mass is 996 g/mol. The standard InChI is InChI=1S/C44H81N7O16S/c1-40(2,3)64-36(54)47-20-21-68(59,60)50-28-22-27(49-38(56)66-42(7,8)9)29(32-26(48-37(55)65-41(4,5)6)17-16-25(62-32)23-46-19-15-18-45)30(52)33(28)63-35-31(53)34(44(13,58)24-61-35)51(14)39(57)67-43(10,11)12/h16,26-35,46,50,52-53,58H,15,17-24,45H2,1-14H3,(H,47,54)(H,48,55)(H,49,56)/t26-,27+,28-,29?,30+,31-,32+,33+,34-,35-,44+/m1/s1. The van der Waals surface area contributed by atoms with Crippen molar-refractivity contribution in [1.29, 1.82) is 0 Å². The molecule has 0 bridgehead atoms. The van der Waals surface area contributed by atoms with E-state index in [4.69, 9.17) is 38.9 Å². The van der Waals surface area contributed by atoms with Gasteiger partial charge in [-0.25, -0.2) is 32.3 Å². The van der Waals surface area contributed by atoms with E-state index in [0.29, 0.717) is 25.3 Å². The molecule has 0 aromatic carbocycles. The molecule has 3 rings (SSSR count). The number of carbonyl (C=O) groups is 4. The predicted molar refractivity (Wildman–Crippen MR) is 249 cm³/mol. The van der Waals surface area contributed by atoms with Crippen LogP contribution >= 0.6 is 0 Å². The Morgan fingerprint density at radius 2 is 1.37 bits per heavy atom. The van der Waals surface area contributed by atoms with Gasteiger partial charge in [-0.15, -0.1) is 0 Å². The van der Waals surface area contributed by atoms with Crippen molar-refractivity contribution in [3.8, 4) is 0 Å². The van der Waals surface area contributed by atoms with Gasteiger partial charge in [-0.2, -0.15) is 0 Å². The van der Waals surface area contributed by atoms with E-state index in [1.807, 2.05) is 0 Å². The first-order valence-corrected chi connectivity index (χ1v) is 24.7. The molecule has 1 saturated heterocycles. The van der Waals surface area contributed by atoms with Gasteiger partial charge in [0.2, 0.25) is 10.0 Å². The zero-order chi connectivity index (χ0) is 51.8. The van der Waals surface area contributed by atoms with Gasteiger partial charge in [0.05, 0.1) is 43.1 Å². The Kier molecular flexibility index (Phi) is 20.2. The van der Waals surface area contributed by atoms with E-state index >= 15 is 0 Å². The van der Waals surface area contributed by atoms with Crippen LogP contribution in [-0.2, 0) is 43.2 Å². The summed E-state index contributed by atoms with van der Waals surface area (Å²) in [6.07, 6.45) is -9.44. The molecule has 0 radical (unpaired) electrons. The molecule has 1 saturated carbocycles. The first-order valence-electron chi connectivity index (χ1n) is 23.0. The van der Waals surface area contributed by atoms with Crippen LogP contribution in [0.25, 0.3) is 0 Å². The number of amides is 4. The molecule has 68 heavy (non-hydrogen) atoms. The van der Waals surface area contributed by atoms with E-state index < -0.39 is 142 Å². The minimum atomic E-state index is -4.39. The largest absolute Gasteiger partial charge is 0.491 e. The predicted octanol–water partition coefficient (Wildman–Crippen LogP) is 1.67. The maximum Gasteiger partial charge on any atom is 0.410 e. The number of nitrogens with one attached hydrogen (secondary N) is 5. The fourth-order valence-electron chi connectivity index (χ4n) is 8.00. The summed E-state index contributed by atoms with van der Waals surface area (Å²) in [7, 11) is -3.08. The molecule has 10 N–H and O–H groups in total. The van der Waals surface area contributed by atoms with Crippen LogP contribution in [0, 0.1) is 5.92 Å². The molecule has 394 valence electrons. The second kappa shape index (κ2) is 23.4. The average molecular weight is 996 g/mol. The van der Waals surface area contributed by atoms with Crippen LogP contribution in [0.15, 0.2) is 11.8 Å². The van der Waals surface area contributed by atoms with Crippen LogP contribution in [-0.4, -0.2) is 181 Å². The molecule has 2 heterocycles. The molecule has 3 aliphatic rings. The maximum absolute atomic E-state index is 13.9. The molecule has 1 unspecified atom stereocenters. The maximum atomic E-state index is 13.9. The van der Waals surface area contributed by atoms with Gasteiger partial charge >= 0.3 is 24.4 Å². The van der Waals surface area contributed by atoms with Crippen LogP contribution in [0.4, 0.5) is 19.2 Å². The average Bonchev–Trinajstić information content (AvgIpc) is 3.13. The van der Waals surface area contributed by atoms with Gasteiger partial charge in [-0.3, -0.25) is 0 Å². The summed E-state index contributed by atoms with van der Waals surface area (Å²) < 4.78 is 71.4. The Bertz CT molecular complexity index is 1840. The molecule has 23 nitrogen and oxygen atoms in total. The van der Waals surface area contributed by atoms with Gasteiger partial charge < -0.3 is 80.4 Å². The molecule has 24 heteroatoms. The molecule has 2 fully saturated rings. The summed E-state index contributed by atoms with van der Waals surface area (Å²) in [5.41, 5.74) is 0.118. The third-order valence-corrected chi connectivity index (χ3v) is 12.0. The Morgan fingerprint density at radius 3 is 1.91 bits per heavy atom. The van der Waals surface area contributed by atoms with Crippen molar-refractivity contribution in [2.75, 3.05) is 45.6 Å². The molecule has 4 amide bonds. The number of nitrogens with two attached hydrogens (primary N) is 1. The highest BCUT2D eigenvalue weighted by Gasteiger charge is 2.57. The number of nitrogens with zero attached hydrogens (tertiary/aromatic N) is 1. The highest BCUT2D eigenvalue weighted by molar-refractivity contribution is 7.89. The second-order valence-electron chi connectivity index (χ2n) is 21.8. The second-order valence-corrected chi connectivity index (χ2v) is 23.6. The quantitative estimate of drug-likeness (QED) is 0.0785. The van der Waals surface area contributed by atoms with E-state index in [9.17, 15) is 42.9 Å². The Labute approximate surface area is 401 Å². The van der Waals surface area contributed by atoms with Crippen molar-refractivity contribution >= 4 is 34.4 Å². The van der Waals surface area contributed by atoms with E-state index in [1.54, 1.807) is 89.2 Å². The van der Waals surface area contributed by atoms with Crippen molar-refractivity contribution in [2.45, 2.75) is 192 Å². The minimum Gasteiger partial charge on any atom is -0.491 e. The van der Waals surface area contributed by atoms with E-state index in [0.717, 1.165) is 4.90 Å². The fraction of sp³-hybridized carbons (Fsp3) is 0.864. The molecule has 2 aliphatic heterocycles. The smallest absolute Gasteiger partial charge is 0.410 e. The SMILES string of the molecule is CN(C(=O)OC(C)(C)C)[C@@H]1[C@@H](O)[C@@H](O[C@H]2[C@H](NS(=O)(=O)CCNC(=O)OC(C)(C)C)C[C@H](NC(=O)OC(C)(C)C)C([C@H]3OC(CNCCCN)=CC[C@H]3NC(=O)OC(C)(C)C)[C@@H]2O)OC[C@]1(C)O. The molecule has 0 aromatic rings. The molecular formula is C44H81N7O16S. The van der Waals surface area contributed by atoms with Gasteiger partial charge in [-0.05, 0) is 128 Å². The third-order valence-electron chi connectivity index (χ3n) is 10.6. The van der Waals surface area contributed by atoms with Gasteiger partial charge in [0.15, 0.2) is 6.29 Å². The summed E-state index contributed by atoms with van der Waals surface area (Å²) in [5, 5.41) is 47.6. The number of alkyl carbamates (subject to hydrolysis) is 3. The summed E-state index contributed by atoms with van der Waals surface area (Å²) in [6.45, 7) is 21.5. The van der Waals surface area contributed by atoms with E-state index in [1.165, 1.54) is 14.0 Å². The number of ether oxygens (including phenoxy) is 7. The van der Waals surface area contributed by atoms with Crippen molar-refractivity contribution in [3.05, 3.63) is 11.8 Å². The topological polar surface area (TPSA) is 317 Å². The first kappa shape index (κ1) is 58.6. The lowest BCUT2D eigenvalue weighted by Gasteiger charge is -2.52. The zero-order valence-electron chi connectivity index (χ0n) is 42.3. The number of hydrogen-bond donors (Lipinski definition) is 9. The summed E-state index contributed by atoms with van der Waals surface area (Å²) >= 11 is 0. The Hall–Kier alpha value is -3.75. The number of hydrogen-bond acceptors (Lipinski definition) is 18. The highest BCUT2D eigenvalue weighted by atomic mass is 32.2. The number of rotatable bonds is 16. The van der Waals surface area contributed by atoms with Crippen molar-refractivity contribution < 1.29 is 76.1 Å². The van der Waals surface area contributed by atoms with Gasteiger partial charge in [0, 0.05) is 25.6 Å². The van der Waals surface area contributed by atoms with Crippen molar-refractivity contribution in [1.82, 2.24) is 30.9 Å². The normalized spacial score (nSPS) is 29.4. The summed E-state index contributed by atoms with van der Waals surface area (Å²) in [6, 6.07) is -4.96. The number of carbonyl (C=O) groups excluding carboxylic acids is 4. The van der Waals surface area contributed by atoms with Crippen LogP contribution in [0.3, 0.4) is 0 Å². The lowest BCUT2D eigenvalue weighted by atomic mass is 9.72. The molecule has 11 atom stereocenters. The van der Waals surface area contributed by atoms with Gasteiger partial charge in [-0.1, -0.05) is 0 Å². The lowest BCUT2D eigenvalue weighted by molar-refractivity contribution is -0.305. The van der Waals surface area contributed by atoms with Gasteiger partial charge in [0.25, 0.3) is 0 Å². The van der Waals surface area contributed by atoms with Crippen molar-refractivity contribution in [2.24, 2.45) is 11.7 Å². The van der Waals surface area contributed by atoms with E-state index in [-0.39, 0.29) is 19.4 Å². The van der Waals surface area contributed by atoms with Crippen LogP contribution in [0.1, 0.15) is 109 Å². The Morgan fingerprint density at radius 1 is 0.824 bits per heavy atom. The third kappa shape index (κ3) is 18.9. The van der Waals surface area contributed by atoms with Crippen LogP contribution in [0.5, 0.6) is 0 Å².